The van der Waals surface area contributed by atoms with E-state index in [1.807, 2.05) is 0 Å². The highest BCUT2D eigenvalue weighted by atomic mass is 16.4. The van der Waals surface area contributed by atoms with Crippen molar-refractivity contribution in [2.75, 3.05) is 13.1 Å². The van der Waals surface area contributed by atoms with E-state index in [0.29, 0.717) is 0 Å². The first-order valence-corrected chi connectivity index (χ1v) is 9.98. The fourth-order valence-corrected chi connectivity index (χ4v) is 4.68. The summed E-state index contributed by atoms with van der Waals surface area (Å²) in [7, 11) is 0. The van der Waals surface area contributed by atoms with Gasteiger partial charge in [-0.25, -0.2) is 0 Å². The first kappa shape index (κ1) is 18.0. The Morgan fingerprint density at radius 3 is 2.19 bits per heavy atom. The van der Waals surface area contributed by atoms with Gasteiger partial charge in [-0.3, -0.25) is 9.69 Å². The monoisotopic (exact) mass is 361 g/mol. The third-order valence-electron chi connectivity index (χ3n) is 6.00. The quantitative estimate of drug-likeness (QED) is 0.872. The fraction of sp³-hybridized carbons (Fsp3) is 0.375. The minimum absolute atomic E-state index is 0.356. The Morgan fingerprint density at radius 2 is 1.59 bits per heavy atom. The molecule has 2 aliphatic rings. The van der Waals surface area contributed by atoms with Crippen molar-refractivity contribution in [1.82, 2.24) is 4.90 Å². The third kappa shape index (κ3) is 3.57. The highest BCUT2D eigenvalue weighted by molar-refractivity contribution is 5.86. The summed E-state index contributed by atoms with van der Waals surface area (Å²) < 4.78 is 0. The standard InChI is InChI=1S/C24H27NO2/c1-17(16-25-15-7-6-12-22(25)24(26)27)23-20-10-4-2-8-18(20)13-14-19-9-3-5-11-21(19)23/h2-5,8-11,22H,6-7,12-16H2,1H3,(H,26,27). The van der Waals surface area contributed by atoms with Crippen LogP contribution >= 0.6 is 0 Å². The summed E-state index contributed by atoms with van der Waals surface area (Å²) in [5.41, 5.74) is 7.96. The van der Waals surface area contributed by atoms with E-state index in [1.54, 1.807) is 0 Å². The van der Waals surface area contributed by atoms with E-state index >= 15 is 0 Å². The van der Waals surface area contributed by atoms with Crippen LogP contribution < -0.4 is 0 Å². The van der Waals surface area contributed by atoms with Crippen molar-refractivity contribution in [3.8, 4) is 0 Å². The van der Waals surface area contributed by atoms with Gasteiger partial charge in [0.15, 0.2) is 0 Å². The van der Waals surface area contributed by atoms with Gasteiger partial charge < -0.3 is 5.11 Å². The van der Waals surface area contributed by atoms with E-state index in [4.69, 9.17) is 0 Å². The second kappa shape index (κ2) is 7.69. The Hall–Kier alpha value is -2.39. The minimum atomic E-state index is -0.686. The Morgan fingerprint density at radius 1 is 1.00 bits per heavy atom. The van der Waals surface area contributed by atoms with Crippen molar-refractivity contribution in [1.29, 1.82) is 0 Å². The molecular weight excluding hydrogens is 334 g/mol. The van der Waals surface area contributed by atoms with Gasteiger partial charge in [0.2, 0.25) is 0 Å². The molecule has 1 fully saturated rings. The zero-order chi connectivity index (χ0) is 18.8. The molecule has 0 amide bonds. The lowest BCUT2D eigenvalue weighted by atomic mass is 9.89. The third-order valence-corrected chi connectivity index (χ3v) is 6.00. The average Bonchev–Trinajstić information content (AvgIpc) is 2.85. The number of carboxylic acid groups (broad SMARTS) is 1. The van der Waals surface area contributed by atoms with Gasteiger partial charge in [0.1, 0.15) is 6.04 Å². The van der Waals surface area contributed by atoms with Crippen LogP contribution in [0.2, 0.25) is 0 Å². The molecule has 0 saturated carbocycles. The molecule has 1 N–H and O–H groups in total. The summed E-state index contributed by atoms with van der Waals surface area (Å²) in [6.07, 6.45) is 4.94. The number of aryl methyl sites for hydroxylation is 2. The van der Waals surface area contributed by atoms with E-state index in [-0.39, 0.29) is 6.04 Å². The zero-order valence-electron chi connectivity index (χ0n) is 15.9. The molecule has 4 rings (SSSR count). The molecule has 2 aromatic rings. The zero-order valence-corrected chi connectivity index (χ0v) is 15.9. The Balaban J connectivity index is 1.79. The molecule has 0 radical (unpaired) electrons. The van der Waals surface area contributed by atoms with Crippen LogP contribution in [0.4, 0.5) is 0 Å². The fourth-order valence-electron chi connectivity index (χ4n) is 4.68. The normalized spacial score (nSPS) is 19.7. The van der Waals surface area contributed by atoms with Gasteiger partial charge in [-0.2, -0.15) is 0 Å². The van der Waals surface area contributed by atoms with Crippen LogP contribution in [0.3, 0.4) is 0 Å². The summed E-state index contributed by atoms with van der Waals surface area (Å²) in [6, 6.07) is 17.0. The molecule has 2 aromatic carbocycles. The number of likely N-dealkylation sites (tertiary alicyclic amines) is 1. The maximum Gasteiger partial charge on any atom is 0.320 e. The molecule has 3 heteroatoms. The van der Waals surface area contributed by atoms with Crippen molar-refractivity contribution < 1.29 is 9.90 Å². The summed E-state index contributed by atoms with van der Waals surface area (Å²) in [5.74, 6) is -0.686. The van der Waals surface area contributed by atoms with Crippen molar-refractivity contribution in [2.45, 2.75) is 45.1 Å². The van der Waals surface area contributed by atoms with Crippen LogP contribution in [0.15, 0.2) is 54.1 Å². The van der Waals surface area contributed by atoms with Crippen LogP contribution in [0, 0.1) is 0 Å². The Labute approximate surface area is 161 Å². The van der Waals surface area contributed by atoms with E-state index < -0.39 is 5.97 Å². The number of piperidine rings is 1. The molecule has 27 heavy (non-hydrogen) atoms. The Kier molecular flexibility index (Phi) is 5.13. The average molecular weight is 361 g/mol. The number of carbonyl (C=O) groups is 1. The summed E-state index contributed by atoms with van der Waals surface area (Å²) in [5, 5.41) is 9.63. The molecule has 140 valence electrons. The highest BCUT2D eigenvalue weighted by Gasteiger charge is 2.29. The predicted octanol–water partition coefficient (Wildman–Crippen LogP) is 4.55. The van der Waals surface area contributed by atoms with E-state index in [2.05, 4.69) is 60.4 Å². The molecular formula is C24H27NO2. The topological polar surface area (TPSA) is 40.5 Å². The molecule has 1 unspecified atom stereocenters. The summed E-state index contributed by atoms with van der Waals surface area (Å²) in [6.45, 7) is 3.77. The second-order valence-electron chi connectivity index (χ2n) is 7.79. The highest BCUT2D eigenvalue weighted by Crippen LogP contribution is 2.36. The van der Waals surface area contributed by atoms with Crippen LogP contribution in [-0.4, -0.2) is 35.1 Å². The molecule has 0 bridgehead atoms. The lowest BCUT2D eigenvalue weighted by molar-refractivity contribution is -0.144. The number of nitrogens with zero attached hydrogens (tertiary/aromatic N) is 1. The van der Waals surface area contributed by atoms with Crippen molar-refractivity contribution in [3.63, 3.8) is 0 Å². The van der Waals surface area contributed by atoms with Crippen LogP contribution in [0.5, 0.6) is 0 Å². The molecule has 1 aliphatic carbocycles. The summed E-state index contributed by atoms with van der Waals surface area (Å²) >= 11 is 0. The first-order chi connectivity index (χ1) is 13.1. The smallest absolute Gasteiger partial charge is 0.320 e. The van der Waals surface area contributed by atoms with E-state index in [1.165, 1.54) is 33.4 Å². The van der Waals surface area contributed by atoms with Crippen molar-refractivity contribution in [2.24, 2.45) is 0 Å². The van der Waals surface area contributed by atoms with Gasteiger partial charge in [0.25, 0.3) is 0 Å². The minimum Gasteiger partial charge on any atom is -0.480 e. The van der Waals surface area contributed by atoms with Crippen molar-refractivity contribution >= 4 is 11.5 Å². The van der Waals surface area contributed by atoms with Crippen LogP contribution in [0.1, 0.15) is 48.4 Å². The number of aliphatic carboxylic acids is 1. The molecule has 1 heterocycles. The van der Waals surface area contributed by atoms with Gasteiger partial charge in [-0.1, -0.05) is 60.5 Å². The van der Waals surface area contributed by atoms with Crippen LogP contribution in [0.25, 0.3) is 5.57 Å². The van der Waals surface area contributed by atoms with Crippen molar-refractivity contribution in [3.05, 3.63) is 76.4 Å². The van der Waals surface area contributed by atoms with E-state index in [0.717, 1.165) is 45.2 Å². The number of fused-ring (bicyclic) bond motifs is 2. The van der Waals surface area contributed by atoms with Gasteiger partial charge in [-0.15, -0.1) is 0 Å². The molecule has 1 atom stereocenters. The largest absolute Gasteiger partial charge is 0.480 e. The van der Waals surface area contributed by atoms with Gasteiger partial charge in [0.05, 0.1) is 0 Å². The maximum atomic E-state index is 11.7. The van der Waals surface area contributed by atoms with E-state index in [9.17, 15) is 9.90 Å². The molecule has 1 saturated heterocycles. The number of rotatable bonds is 3. The molecule has 3 nitrogen and oxygen atoms in total. The SMILES string of the molecule is CC(CN1CCCCC1C(=O)O)=C1c2ccccc2CCc2ccccc21. The van der Waals surface area contributed by atoms with Crippen LogP contribution in [-0.2, 0) is 17.6 Å². The number of hydrogen-bond donors (Lipinski definition) is 1. The summed E-state index contributed by atoms with van der Waals surface area (Å²) in [4.78, 5) is 13.9. The Bertz CT molecular complexity index is 834. The molecule has 1 aliphatic heterocycles. The number of hydrogen-bond acceptors (Lipinski definition) is 2. The second-order valence-corrected chi connectivity index (χ2v) is 7.79. The number of carboxylic acids is 1. The van der Waals surface area contributed by atoms with Gasteiger partial charge >= 0.3 is 5.97 Å². The molecule has 0 spiro atoms. The lowest BCUT2D eigenvalue weighted by Gasteiger charge is -2.33. The van der Waals surface area contributed by atoms with Gasteiger partial charge in [-0.05, 0) is 67.0 Å². The first-order valence-electron chi connectivity index (χ1n) is 9.98. The predicted molar refractivity (Wildman–Crippen MR) is 109 cm³/mol. The molecule has 0 aromatic heterocycles. The number of benzene rings is 2. The maximum absolute atomic E-state index is 11.7. The van der Waals surface area contributed by atoms with Gasteiger partial charge in [0, 0.05) is 6.54 Å². The lowest BCUT2D eigenvalue weighted by Crippen LogP contribution is -2.45.